The van der Waals surface area contributed by atoms with Crippen LogP contribution in [0, 0.1) is 11.6 Å². The average molecular weight is 561 g/mol. The molecule has 1 aliphatic carbocycles. The maximum Gasteiger partial charge on any atom is 0.434 e. The number of H-pyrrole nitrogens is 1. The molecule has 1 saturated heterocycles. The zero-order chi connectivity index (χ0) is 28.2. The third-order valence-electron chi connectivity index (χ3n) is 7.88. The molecule has 39 heavy (non-hydrogen) atoms. The van der Waals surface area contributed by atoms with Crippen molar-refractivity contribution in [2.24, 2.45) is 0 Å². The summed E-state index contributed by atoms with van der Waals surface area (Å²) >= 11 is 0. The topological polar surface area (TPSA) is 125 Å². The number of nitrogens with zero attached hydrogens (tertiary/aromatic N) is 2. The molecule has 9 nitrogen and oxygen atoms in total. The van der Waals surface area contributed by atoms with E-state index >= 15 is 8.78 Å². The van der Waals surface area contributed by atoms with E-state index < -0.39 is 49.7 Å². The first kappa shape index (κ1) is 27.2. The molecule has 1 amide bonds. The number of aromatic nitrogens is 2. The number of amides is 1. The van der Waals surface area contributed by atoms with Gasteiger partial charge in [-0.2, -0.15) is 4.31 Å². The predicted octanol–water partition coefficient (Wildman–Crippen LogP) is 3.67. The number of nitrogens with one attached hydrogen (secondary N) is 2. The Kier molecular flexibility index (Phi) is 6.74. The van der Waals surface area contributed by atoms with E-state index in [0.29, 0.717) is 18.4 Å². The highest BCUT2D eigenvalue weighted by Crippen LogP contribution is 2.54. The lowest BCUT2D eigenvalue weighted by atomic mass is 9.54. The van der Waals surface area contributed by atoms with Crippen molar-refractivity contribution in [3.63, 3.8) is 0 Å². The van der Waals surface area contributed by atoms with Gasteiger partial charge in [-0.15, -0.1) is 5.10 Å². The van der Waals surface area contributed by atoms with Crippen LogP contribution in [0.4, 0.5) is 8.78 Å². The summed E-state index contributed by atoms with van der Waals surface area (Å²) in [7, 11) is -3.85. The van der Waals surface area contributed by atoms with E-state index in [1.807, 2.05) is 0 Å². The number of carbonyl (C=O) groups excluding carboxylic acids is 1. The number of rotatable bonds is 6. The molecule has 2 aliphatic rings. The smallest absolute Gasteiger partial charge is 0.391 e. The van der Waals surface area contributed by atoms with Crippen molar-refractivity contribution in [1.29, 1.82) is 0 Å². The number of benzene rings is 2. The van der Waals surface area contributed by atoms with Gasteiger partial charge in [-0.05, 0) is 57.2 Å². The molecule has 5 rings (SSSR count). The minimum absolute atomic E-state index is 0.0847. The minimum Gasteiger partial charge on any atom is -0.391 e. The van der Waals surface area contributed by atoms with E-state index in [0.717, 1.165) is 12.1 Å². The molecule has 2 heterocycles. The molecule has 2 atom stereocenters. The van der Waals surface area contributed by atoms with Gasteiger partial charge in [0.2, 0.25) is 21.8 Å². The Bertz CT molecular complexity index is 1560. The van der Waals surface area contributed by atoms with Crippen LogP contribution in [-0.2, 0) is 26.8 Å². The van der Waals surface area contributed by atoms with Gasteiger partial charge in [0.25, 0.3) is 0 Å². The van der Waals surface area contributed by atoms with Crippen LogP contribution in [0.3, 0.4) is 0 Å². The maximum absolute atomic E-state index is 15.8. The Labute approximate surface area is 224 Å². The average Bonchev–Trinajstić information content (AvgIpc) is 3.28. The summed E-state index contributed by atoms with van der Waals surface area (Å²) < 4.78 is 64.9. The molecule has 2 aromatic carbocycles. The van der Waals surface area contributed by atoms with Crippen molar-refractivity contribution in [2.45, 2.75) is 75.2 Å². The van der Waals surface area contributed by atoms with Crippen molar-refractivity contribution in [3.05, 3.63) is 87.2 Å². The molecule has 1 saturated carbocycles. The zero-order valence-corrected chi connectivity index (χ0v) is 22.6. The molecule has 0 spiro atoms. The summed E-state index contributed by atoms with van der Waals surface area (Å²) in [6.45, 7) is 4.54. The van der Waals surface area contributed by atoms with E-state index in [4.69, 9.17) is 4.42 Å². The number of hydrogen-bond acceptors (Lipinski definition) is 6. The van der Waals surface area contributed by atoms with Gasteiger partial charge in [0, 0.05) is 36.2 Å². The maximum atomic E-state index is 15.8. The summed E-state index contributed by atoms with van der Waals surface area (Å²) in [4.78, 5) is 23.4. The SMILES string of the molecule is CC(=O)NC1(C)CC(c2n[nH]c(=O)o2)(c2cc(F)c(CN3[C@@H](C)CC[C@H](c4ccccc4)S3(=O)=O)cc2F)C1. The fourth-order valence-electron chi connectivity index (χ4n) is 6.28. The third-order valence-corrected chi connectivity index (χ3v) is 10.3. The third kappa shape index (κ3) is 4.80. The van der Waals surface area contributed by atoms with Crippen LogP contribution in [0.15, 0.2) is 51.7 Å². The van der Waals surface area contributed by atoms with E-state index in [1.54, 1.807) is 44.2 Å². The normalized spacial score (nSPS) is 28.5. The monoisotopic (exact) mass is 560 g/mol. The Morgan fingerprint density at radius 2 is 1.87 bits per heavy atom. The van der Waals surface area contributed by atoms with Crippen LogP contribution < -0.4 is 11.1 Å². The molecule has 1 aromatic heterocycles. The lowest BCUT2D eigenvalue weighted by molar-refractivity contribution is -0.122. The molecule has 0 bridgehead atoms. The number of carbonyl (C=O) groups is 1. The predicted molar refractivity (Wildman–Crippen MR) is 138 cm³/mol. The van der Waals surface area contributed by atoms with Gasteiger partial charge in [0.15, 0.2) is 0 Å². The van der Waals surface area contributed by atoms with Crippen LogP contribution in [0.5, 0.6) is 0 Å². The van der Waals surface area contributed by atoms with Crippen LogP contribution in [-0.4, -0.2) is 40.4 Å². The molecular weight excluding hydrogens is 530 g/mol. The van der Waals surface area contributed by atoms with Gasteiger partial charge in [-0.25, -0.2) is 27.1 Å². The quantitative estimate of drug-likeness (QED) is 0.474. The number of halogens is 2. The Hall–Kier alpha value is -3.38. The summed E-state index contributed by atoms with van der Waals surface area (Å²) in [6.07, 6.45) is 1.23. The number of sulfonamides is 1. The Morgan fingerprint density at radius 1 is 1.18 bits per heavy atom. The highest BCUT2D eigenvalue weighted by Gasteiger charge is 2.58. The Morgan fingerprint density at radius 3 is 2.49 bits per heavy atom. The van der Waals surface area contributed by atoms with Gasteiger partial charge in [-0.3, -0.25) is 4.79 Å². The summed E-state index contributed by atoms with van der Waals surface area (Å²) in [5, 5.41) is 8.09. The molecule has 208 valence electrons. The fraction of sp³-hybridized carbons (Fsp3) is 0.444. The number of hydrogen-bond donors (Lipinski definition) is 2. The second kappa shape index (κ2) is 9.67. The lowest BCUT2D eigenvalue weighted by Crippen LogP contribution is -2.62. The minimum atomic E-state index is -3.85. The molecule has 0 unspecified atom stereocenters. The summed E-state index contributed by atoms with van der Waals surface area (Å²) in [5.41, 5.74) is -1.59. The van der Waals surface area contributed by atoms with Crippen molar-refractivity contribution in [1.82, 2.24) is 19.8 Å². The van der Waals surface area contributed by atoms with Gasteiger partial charge in [0.1, 0.15) is 16.9 Å². The lowest BCUT2D eigenvalue weighted by Gasteiger charge is -2.53. The number of aromatic amines is 1. The van der Waals surface area contributed by atoms with Gasteiger partial charge in [0.05, 0.1) is 5.41 Å². The van der Waals surface area contributed by atoms with E-state index in [-0.39, 0.29) is 42.3 Å². The highest BCUT2D eigenvalue weighted by molar-refractivity contribution is 7.89. The van der Waals surface area contributed by atoms with Crippen molar-refractivity contribution in [3.8, 4) is 0 Å². The first-order valence-corrected chi connectivity index (χ1v) is 14.2. The second-order valence-corrected chi connectivity index (χ2v) is 13.0. The molecule has 3 aromatic rings. The van der Waals surface area contributed by atoms with Gasteiger partial charge in [-0.1, -0.05) is 30.3 Å². The molecule has 12 heteroatoms. The molecule has 2 N–H and O–H groups in total. The fourth-order valence-corrected chi connectivity index (χ4v) is 8.47. The van der Waals surface area contributed by atoms with Crippen molar-refractivity contribution < 1.29 is 26.4 Å². The largest absolute Gasteiger partial charge is 0.434 e. The van der Waals surface area contributed by atoms with Crippen LogP contribution in [0.1, 0.15) is 74.3 Å². The Balaban J connectivity index is 1.49. The molecule has 0 radical (unpaired) electrons. The van der Waals surface area contributed by atoms with E-state index in [2.05, 4.69) is 15.5 Å². The second-order valence-electron chi connectivity index (χ2n) is 10.9. The molecule has 1 aliphatic heterocycles. The van der Waals surface area contributed by atoms with Crippen molar-refractivity contribution >= 4 is 15.9 Å². The van der Waals surface area contributed by atoms with Crippen LogP contribution in [0.25, 0.3) is 0 Å². The van der Waals surface area contributed by atoms with Crippen LogP contribution >= 0.6 is 0 Å². The standard InChI is InChI=1S/C27H30F2N4O5S/c1-16-9-10-23(18-7-5-4-6-8-18)39(36,37)33(16)13-19-11-22(29)20(12-21(19)28)27(24-31-32-25(35)38-24)14-26(3,15-27)30-17(2)34/h4-8,11-12,16,23H,9-10,13-15H2,1-3H3,(H,30,34)(H,32,35)/t16-,23+,26?,27?/m0/s1. The van der Waals surface area contributed by atoms with Gasteiger partial charge < -0.3 is 9.73 Å². The van der Waals surface area contributed by atoms with E-state index in [1.165, 1.54) is 11.2 Å². The summed E-state index contributed by atoms with van der Waals surface area (Å²) in [6, 6.07) is 10.5. The van der Waals surface area contributed by atoms with Gasteiger partial charge >= 0.3 is 5.76 Å². The van der Waals surface area contributed by atoms with Crippen LogP contribution in [0.2, 0.25) is 0 Å². The zero-order valence-electron chi connectivity index (χ0n) is 21.8. The first-order valence-electron chi connectivity index (χ1n) is 12.7. The first-order chi connectivity index (χ1) is 18.3. The molecule has 2 fully saturated rings. The van der Waals surface area contributed by atoms with E-state index in [9.17, 15) is 18.0 Å². The summed E-state index contributed by atoms with van der Waals surface area (Å²) in [5.74, 6) is -2.82. The molecular formula is C27H30F2N4O5S. The van der Waals surface area contributed by atoms with Crippen molar-refractivity contribution in [2.75, 3.05) is 0 Å². The highest BCUT2D eigenvalue weighted by atomic mass is 32.2.